The van der Waals surface area contributed by atoms with E-state index in [9.17, 15) is 0 Å². The van der Waals surface area contributed by atoms with Gasteiger partial charge in [0, 0.05) is 17.6 Å². The minimum absolute atomic E-state index is 0.0440. The Kier molecular flexibility index (Phi) is 5.04. The van der Waals surface area contributed by atoms with Crippen molar-refractivity contribution in [2.45, 2.75) is 31.7 Å². The van der Waals surface area contributed by atoms with Crippen LogP contribution in [0, 0.1) is 5.92 Å². The number of hydrogen-bond donors (Lipinski definition) is 1. The first-order valence-electron chi connectivity index (χ1n) is 6.85. The van der Waals surface area contributed by atoms with E-state index in [1.807, 2.05) is 24.3 Å². The van der Waals surface area contributed by atoms with E-state index in [-0.39, 0.29) is 6.04 Å². The zero-order chi connectivity index (χ0) is 13.0. The lowest BCUT2D eigenvalue weighted by atomic mass is 9.85. The van der Waals surface area contributed by atoms with E-state index in [0.717, 1.165) is 29.5 Å². The average Bonchev–Trinajstić information content (AvgIpc) is 2.31. The fourth-order valence-electron chi connectivity index (χ4n) is 2.50. The molecule has 3 heteroatoms. The fraction of sp³-hybridized carbons (Fsp3) is 0.600. The lowest BCUT2D eigenvalue weighted by molar-refractivity contribution is 0.201. The molecule has 0 saturated heterocycles. The predicted molar refractivity (Wildman–Crippen MR) is 77.8 cm³/mol. The summed E-state index contributed by atoms with van der Waals surface area (Å²) in [5.41, 5.74) is 7.28. The summed E-state index contributed by atoms with van der Waals surface area (Å²) in [6.45, 7) is 2.26. The van der Waals surface area contributed by atoms with Gasteiger partial charge < -0.3 is 10.6 Å². The highest BCUT2D eigenvalue weighted by molar-refractivity contribution is 6.31. The van der Waals surface area contributed by atoms with Gasteiger partial charge in [-0.1, -0.05) is 36.2 Å². The highest BCUT2D eigenvalue weighted by Crippen LogP contribution is 2.27. The molecule has 2 rings (SSSR count). The van der Waals surface area contributed by atoms with Crippen LogP contribution in [0.5, 0.6) is 0 Å². The van der Waals surface area contributed by atoms with Crippen LogP contribution in [0.25, 0.3) is 0 Å². The molecule has 2 N–H and O–H groups in total. The van der Waals surface area contributed by atoms with Gasteiger partial charge in [0.2, 0.25) is 0 Å². The monoisotopic (exact) mass is 266 g/mol. The molecule has 1 atom stereocenters. The summed E-state index contributed by atoms with van der Waals surface area (Å²) >= 11 is 6.16. The van der Waals surface area contributed by atoms with Crippen molar-refractivity contribution in [3.8, 4) is 0 Å². The van der Waals surface area contributed by atoms with Crippen molar-refractivity contribution in [1.82, 2.24) is 4.90 Å². The maximum Gasteiger partial charge on any atom is 0.0453 e. The molecular formula is C15H23ClN2. The van der Waals surface area contributed by atoms with Crippen LogP contribution in [-0.2, 0) is 0 Å². The van der Waals surface area contributed by atoms with Crippen LogP contribution in [0.2, 0.25) is 5.02 Å². The lowest BCUT2D eigenvalue weighted by Crippen LogP contribution is -2.31. The van der Waals surface area contributed by atoms with Gasteiger partial charge in [-0.05, 0) is 50.4 Å². The predicted octanol–water partition coefficient (Wildman–Crippen LogP) is 3.46. The average molecular weight is 267 g/mol. The van der Waals surface area contributed by atoms with E-state index in [2.05, 4.69) is 11.9 Å². The van der Waals surface area contributed by atoms with Crippen LogP contribution in [0.15, 0.2) is 24.3 Å². The molecule has 100 valence electrons. The largest absolute Gasteiger partial charge is 0.324 e. The zero-order valence-electron chi connectivity index (χ0n) is 11.1. The Hall–Kier alpha value is -0.570. The summed E-state index contributed by atoms with van der Waals surface area (Å²) in [6, 6.07) is 7.93. The van der Waals surface area contributed by atoms with Crippen molar-refractivity contribution in [1.29, 1.82) is 0 Å². The number of rotatable bonds is 6. The standard InChI is InChI=1S/C15H23ClN2/c1-18(11-12-5-4-6-12)10-9-15(17)13-7-2-3-8-14(13)16/h2-3,7-8,12,15H,4-6,9-11,17H2,1H3. The van der Waals surface area contributed by atoms with Crippen molar-refractivity contribution in [2.24, 2.45) is 11.7 Å². The Morgan fingerprint density at radius 2 is 2.11 bits per heavy atom. The van der Waals surface area contributed by atoms with Crippen LogP contribution >= 0.6 is 11.6 Å². The van der Waals surface area contributed by atoms with Crippen LogP contribution in [0.3, 0.4) is 0 Å². The van der Waals surface area contributed by atoms with Gasteiger partial charge in [-0.2, -0.15) is 0 Å². The summed E-state index contributed by atoms with van der Waals surface area (Å²) in [5, 5.41) is 0.784. The van der Waals surface area contributed by atoms with Crippen molar-refractivity contribution >= 4 is 11.6 Å². The number of hydrogen-bond acceptors (Lipinski definition) is 2. The molecule has 0 aliphatic heterocycles. The molecule has 1 saturated carbocycles. The molecule has 1 fully saturated rings. The quantitative estimate of drug-likeness (QED) is 0.854. The molecule has 1 aliphatic rings. The van der Waals surface area contributed by atoms with Crippen LogP contribution in [-0.4, -0.2) is 25.0 Å². The van der Waals surface area contributed by atoms with Crippen LogP contribution < -0.4 is 5.73 Å². The van der Waals surface area contributed by atoms with Crippen molar-refractivity contribution in [2.75, 3.05) is 20.1 Å². The molecule has 0 heterocycles. The molecule has 1 aromatic rings. The third-order valence-electron chi connectivity index (χ3n) is 3.92. The van der Waals surface area contributed by atoms with Gasteiger partial charge in [-0.25, -0.2) is 0 Å². The van der Waals surface area contributed by atoms with Crippen molar-refractivity contribution in [3.05, 3.63) is 34.9 Å². The molecular weight excluding hydrogens is 244 g/mol. The van der Waals surface area contributed by atoms with Gasteiger partial charge in [0.25, 0.3) is 0 Å². The highest BCUT2D eigenvalue weighted by atomic mass is 35.5. The normalized spacial score (nSPS) is 17.8. The minimum atomic E-state index is 0.0440. The molecule has 0 amide bonds. The number of nitrogens with two attached hydrogens (primary N) is 1. The van der Waals surface area contributed by atoms with Crippen molar-refractivity contribution < 1.29 is 0 Å². The first kappa shape index (κ1) is 13.9. The number of benzene rings is 1. The highest BCUT2D eigenvalue weighted by Gasteiger charge is 2.19. The van der Waals surface area contributed by atoms with Gasteiger partial charge in [0.15, 0.2) is 0 Å². The van der Waals surface area contributed by atoms with E-state index in [0.29, 0.717) is 0 Å². The number of nitrogens with zero attached hydrogens (tertiary/aromatic N) is 1. The summed E-state index contributed by atoms with van der Waals surface area (Å²) in [4.78, 5) is 2.40. The molecule has 1 aromatic carbocycles. The second kappa shape index (κ2) is 6.55. The zero-order valence-corrected chi connectivity index (χ0v) is 11.9. The molecule has 2 nitrogen and oxygen atoms in total. The van der Waals surface area contributed by atoms with Gasteiger partial charge in [0.05, 0.1) is 0 Å². The van der Waals surface area contributed by atoms with E-state index in [4.69, 9.17) is 17.3 Å². The van der Waals surface area contributed by atoms with Gasteiger partial charge in [-0.15, -0.1) is 0 Å². The van der Waals surface area contributed by atoms with E-state index < -0.39 is 0 Å². The summed E-state index contributed by atoms with van der Waals surface area (Å²) in [7, 11) is 2.19. The maximum absolute atomic E-state index is 6.21. The molecule has 1 aliphatic carbocycles. The summed E-state index contributed by atoms with van der Waals surface area (Å²) in [6.07, 6.45) is 5.19. The Balaban J connectivity index is 1.77. The second-order valence-electron chi connectivity index (χ2n) is 5.48. The first-order chi connectivity index (χ1) is 8.66. The molecule has 0 bridgehead atoms. The third-order valence-corrected chi connectivity index (χ3v) is 4.27. The molecule has 0 aromatic heterocycles. The Morgan fingerprint density at radius 3 is 2.72 bits per heavy atom. The molecule has 1 unspecified atom stereocenters. The lowest BCUT2D eigenvalue weighted by Gasteiger charge is -2.30. The first-order valence-corrected chi connectivity index (χ1v) is 7.23. The minimum Gasteiger partial charge on any atom is -0.324 e. The summed E-state index contributed by atoms with van der Waals surface area (Å²) < 4.78 is 0. The Morgan fingerprint density at radius 1 is 1.39 bits per heavy atom. The van der Waals surface area contributed by atoms with Crippen LogP contribution in [0.1, 0.15) is 37.3 Å². The van der Waals surface area contributed by atoms with E-state index in [1.165, 1.54) is 25.8 Å². The summed E-state index contributed by atoms with van der Waals surface area (Å²) in [5.74, 6) is 0.923. The molecule has 0 spiro atoms. The molecule has 18 heavy (non-hydrogen) atoms. The molecule has 0 radical (unpaired) electrons. The van der Waals surface area contributed by atoms with E-state index >= 15 is 0 Å². The second-order valence-corrected chi connectivity index (χ2v) is 5.88. The Bertz CT molecular complexity index is 377. The van der Waals surface area contributed by atoms with E-state index in [1.54, 1.807) is 0 Å². The SMILES string of the molecule is CN(CCC(N)c1ccccc1Cl)CC1CCC1. The topological polar surface area (TPSA) is 29.3 Å². The van der Waals surface area contributed by atoms with Crippen molar-refractivity contribution in [3.63, 3.8) is 0 Å². The maximum atomic E-state index is 6.21. The van der Waals surface area contributed by atoms with Crippen LogP contribution in [0.4, 0.5) is 0 Å². The third kappa shape index (κ3) is 3.71. The van der Waals surface area contributed by atoms with Gasteiger partial charge in [-0.3, -0.25) is 0 Å². The van der Waals surface area contributed by atoms with Gasteiger partial charge in [0.1, 0.15) is 0 Å². The van der Waals surface area contributed by atoms with Gasteiger partial charge >= 0.3 is 0 Å². The number of halogens is 1. The Labute approximate surface area is 115 Å². The fourth-order valence-corrected chi connectivity index (χ4v) is 2.77. The smallest absolute Gasteiger partial charge is 0.0453 e.